The normalized spacial score (nSPS) is 11.5. The van der Waals surface area contributed by atoms with E-state index >= 15 is 0 Å². The van der Waals surface area contributed by atoms with Crippen molar-refractivity contribution in [2.45, 2.75) is 18.2 Å². The number of aryl methyl sites for hydroxylation is 1. The lowest BCUT2D eigenvalue weighted by atomic mass is 10.1. The van der Waals surface area contributed by atoms with Crippen LogP contribution in [0.2, 0.25) is 0 Å². The molecule has 9 nitrogen and oxygen atoms in total. The number of hydrogen-bond donors (Lipinski definition) is 3. The number of benzene rings is 2. The van der Waals surface area contributed by atoms with E-state index in [1.165, 1.54) is 18.2 Å². The number of nitrogens with two attached hydrogens (primary N) is 1. The number of rotatable bonds is 8. The van der Waals surface area contributed by atoms with Crippen LogP contribution in [0.15, 0.2) is 58.4 Å². The lowest BCUT2D eigenvalue weighted by Gasteiger charge is -2.08. The van der Waals surface area contributed by atoms with Gasteiger partial charge in [-0.25, -0.2) is 13.1 Å². The van der Waals surface area contributed by atoms with Gasteiger partial charge in [-0.05, 0) is 30.2 Å². The summed E-state index contributed by atoms with van der Waals surface area (Å²) < 4.78 is 26.7. The summed E-state index contributed by atoms with van der Waals surface area (Å²) in [5, 5.41) is 13.7. The van der Waals surface area contributed by atoms with E-state index in [0.29, 0.717) is 0 Å². The van der Waals surface area contributed by atoms with Crippen molar-refractivity contribution < 1.29 is 13.3 Å². The summed E-state index contributed by atoms with van der Waals surface area (Å²) in [7, 11) is -3.87. The molecule has 0 aliphatic carbocycles. The molecule has 11 heteroatoms. The highest BCUT2D eigenvalue weighted by Gasteiger charge is 2.16. The van der Waals surface area contributed by atoms with Crippen LogP contribution in [0.1, 0.15) is 12.5 Å². The minimum atomic E-state index is -3.87. The third-order valence-corrected chi connectivity index (χ3v) is 5.09. The van der Waals surface area contributed by atoms with Crippen LogP contribution in [-0.2, 0) is 16.4 Å². The second-order valence-corrected chi connectivity index (χ2v) is 7.37. The predicted molar refractivity (Wildman–Crippen MR) is 120 cm³/mol. The number of halogens is 1. The molecule has 0 atom stereocenters. The molecule has 0 saturated heterocycles. The van der Waals surface area contributed by atoms with Crippen LogP contribution in [0, 0.1) is 10.1 Å². The fourth-order valence-electron chi connectivity index (χ4n) is 2.26. The van der Waals surface area contributed by atoms with Crippen LogP contribution in [0.4, 0.5) is 11.4 Å². The first-order chi connectivity index (χ1) is 12.8. The highest BCUT2D eigenvalue weighted by Crippen LogP contribution is 2.17. The molecule has 0 unspecified atom stereocenters. The van der Waals surface area contributed by atoms with Gasteiger partial charge in [0, 0.05) is 24.4 Å². The van der Waals surface area contributed by atoms with E-state index < -0.39 is 14.9 Å². The third kappa shape index (κ3) is 7.05. The number of anilines is 1. The van der Waals surface area contributed by atoms with Gasteiger partial charge in [-0.3, -0.25) is 15.1 Å². The zero-order valence-corrected chi connectivity index (χ0v) is 18.3. The number of non-ortho nitro benzene ring substituents is 1. The van der Waals surface area contributed by atoms with E-state index in [4.69, 9.17) is 5.73 Å². The molecule has 0 aromatic heterocycles. The molecule has 2 aromatic carbocycles. The molecule has 0 fully saturated rings. The second-order valence-electron chi connectivity index (χ2n) is 5.60. The molecular formula is C17H22IN5O4S. The van der Waals surface area contributed by atoms with E-state index in [-0.39, 0.29) is 53.6 Å². The first kappa shape index (κ1) is 23.8. The molecule has 0 aliphatic rings. The fraction of sp³-hybridized carbons (Fsp3) is 0.235. The largest absolute Gasteiger partial charge is 0.370 e. The maximum Gasteiger partial charge on any atom is 0.270 e. The Hall–Kier alpha value is -2.25. The van der Waals surface area contributed by atoms with E-state index in [2.05, 4.69) is 15.0 Å². The quantitative estimate of drug-likeness (QED) is 0.122. The molecule has 2 rings (SSSR count). The van der Waals surface area contributed by atoms with Crippen LogP contribution in [0.5, 0.6) is 0 Å². The molecule has 0 aliphatic heterocycles. The maximum atomic E-state index is 12.2. The zero-order chi connectivity index (χ0) is 19.9. The van der Waals surface area contributed by atoms with Gasteiger partial charge in [0.15, 0.2) is 5.96 Å². The Morgan fingerprint density at radius 2 is 1.93 bits per heavy atom. The number of nitro groups is 1. The Morgan fingerprint density at radius 1 is 1.21 bits per heavy atom. The molecule has 28 heavy (non-hydrogen) atoms. The minimum Gasteiger partial charge on any atom is -0.370 e. The number of aliphatic imine (C=N–C) groups is 1. The van der Waals surface area contributed by atoms with Crippen LogP contribution >= 0.6 is 24.0 Å². The molecule has 0 spiro atoms. The molecule has 0 saturated carbocycles. The van der Waals surface area contributed by atoms with Gasteiger partial charge in [-0.15, -0.1) is 24.0 Å². The standard InChI is InChI=1S/C17H21N5O4S.HI/c1-2-13-5-3-6-14(11-13)21-17(18)19-9-10-20-27(25,26)16-8-4-7-15(12-16)22(23)24;/h3-8,11-12,20H,2,9-10H2,1H3,(H3,18,19,21);1H. The summed E-state index contributed by atoms with van der Waals surface area (Å²) in [5.74, 6) is 0.165. The van der Waals surface area contributed by atoms with E-state index in [1.807, 2.05) is 31.2 Å². The highest BCUT2D eigenvalue weighted by atomic mass is 127. The molecule has 0 heterocycles. The average molecular weight is 519 g/mol. The van der Waals surface area contributed by atoms with Crippen molar-refractivity contribution in [1.29, 1.82) is 0 Å². The minimum absolute atomic E-state index is 0. The molecule has 2 aromatic rings. The lowest BCUT2D eigenvalue weighted by Crippen LogP contribution is -2.28. The molecule has 152 valence electrons. The van der Waals surface area contributed by atoms with Gasteiger partial charge < -0.3 is 11.1 Å². The van der Waals surface area contributed by atoms with Crippen LogP contribution in [0.25, 0.3) is 0 Å². The Morgan fingerprint density at radius 3 is 2.61 bits per heavy atom. The zero-order valence-electron chi connectivity index (χ0n) is 15.2. The molecule has 0 bridgehead atoms. The van der Waals surface area contributed by atoms with Crippen LogP contribution < -0.4 is 15.8 Å². The van der Waals surface area contributed by atoms with Gasteiger partial charge >= 0.3 is 0 Å². The number of guanidine groups is 1. The van der Waals surface area contributed by atoms with Crippen molar-refractivity contribution in [2.75, 3.05) is 18.4 Å². The average Bonchev–Trinajstić information content (AvgIpc) is 2.65. The van der Waals surface area contributed by atoms with Gasteiger partial charge in [-0.2, -0.15) is 0 Å². The van der Waals surface area contributed by atoms with Crippen molar-refractivity contribution in [1.82, 2.24) is 4.72 Å². The summed E-state index contributed by atoms with van der Waals surface area (Å²) in [6.07, 6.45) is 0.895. The first-order valence-corrected chi connectivity index (χ1v) is 9.70. The lowest BCUT2D eigenvalue weighted by molar-refractivity contribution is -0.385. The fourth-order valence-corrected chi connectivity index (χ4v) is 3.32. The number of hydrogen-bond acceptors (Lipinski definition) is 5. The highest BCUT2D eigenvalue weighted by molar-refractivity contribution is 14.0. The monoisotopic (exact) mass is 519 g/mol. The topological polar surface area (TPSA) is 140 Å². The smallest absolute Gasteiger partial charge is 0.270 e. The summed E-state index contributed by atoms with van der Waals surface area (Å²) in [6.45, 7) is 2.16. The summed E-state index contributed by atoms with van der Waals surface area (Å²) in [6, 6.07) is 12.5. The van der Waals surface area contributed by atoms with E-state index in [0.717, 1.165) is 23.7 Å². The Labute approximate surface area is 180 Å². The Bertz CT molecular complexity index is 950. The Balaban J connectivity index is 0.00000392. The van der Waals surface area contributed by atoms with Gasteiger partial charge in [-0.1, -0.05) is 25.1 Å². The summed E-state index contributed by atoms with van der Waals surface area (Å²) in [5.41, 5.74) is 7.45. The molecule has 0 radical (unpaired) electrons. The van der Waals surface area contributed by atoms with Gasteiger partial charge in [0.2, 0.25) is 10.0 Å². The summed E-state index contributed by atoms with van der Waals surface area (Å²) in [4.78, 5) is 14.0. The maximum absolute atomic E-state index is 12.2. The first-order valence-electron chi connectivity index (χ1n) is 8.22. The SMILES string of the molecule is CCc1cccc(NC(N)=NCCNS(=O)(=O)c2cccc([N+](=O)[O-])c2)c1.I. The van der Waals surface area contributed by atoms with Crippen molar-refractivity contribution in [2.24, 2.45) is 10.7 Å². The van der Waals surface area contributed by atoms with Crippen molar-refractivity contribution in [3.05, 3.63) is 64.2 Å². The second kappa shape index (κ2) is 10.9. The number of sulfonamides is 1. The number of nitrogens with zero attached hydrogens (tertiary/aromatic N) is 2. The van der Waals surface area contributed by atoms with Gasteiger partial charge in [0.1, 0.15) is 0 Å². The predicted octanol–water partition coefficient (Wildman–Crippen LogP) is 2.48. The Kier molecular flexibility index (Phi) is 9.28. The van der Waals surface area contributed by atoms with Gasteiger partial charge in [0.25, 0.3) is 5.69 Å². The van der Waals surface area contributed by atoms with E-state index in [9.17, 15) is 18.5 Å². The van der Waals surface area contributed by atoms with Crippen molar-refractivity contribution in [3.63, 3.8) is 0 Å². The molecule has 0 amide bonds. The van der Waals surface area contributed by atoms with E-state index in [1.54, 1.807) is 0 Å². The van der Waals surface area contributed by atoms with Crippen LogP contribution in [-0.4, -0.2) is 32.4 Å². The number of nitro benzene ring substituents is 1. The van der Waals surface area contributed by atoms with Gasteiger partial charge in [0.05, 0.1) is 16.4 Å². The van der Waals surface area contributed by atoms with Crippen LogP contribution in [0.3, 0.4) is 0 Å². The third-order valence-electron chi connectivity index (χ3n) is 3.63. The van der Waals surface area contributed by atoms with Crippen molar-refractivity contribution >= 4 is 51.3 Å². The number of nitrogens with one attached hydrogen (secondary N) is 2. The van der Waals surface area contributed by atoms with Crippen molar-refractivity contribution in [3.8, 4) is 0 Å². The molecule has 4 N–H and O–H groups in total. The summed E-state index contributed by atoms with van der Waals surface area (Å²) >= 11 is 0. The molecular weight excluding hydrogens is 497 g/mol.